The van der Waals surface area contributed by atoms with E-state index in [1.54, 1.807) is 53.0 Å². The van der Waals surface area contributed by atoms with Gasteiger partial charge < -0.3 is 10.3 Å². The number of nitrogens with two attached hydrogens (primary N) is 1. The average molecular weight is 537 g/mol. The summed E-state index contributed by atoms with van der Waals surface area (Å²) < 4.78 is 44.2. The van der Waals surface area contributed by atoms with Crippen molar-refractivity contribution in [3.63, 3.8) is 0 Å². The molecule has 0 unspecified atom stereocenters. The molecule has 0 fully saturated rings. The zero-order valence-corrected chi connectivity index (χ0v) is 20.9. The van der Waals surface area contributed by atoms with Gasteiger partial charge in [0.15, 0.2) is 0 Å². The molecule has 0 aliphatic rings. The van der Waals surface area contributed by atoms with Crippen molar-refractivity contribution in [2.75, 3.05) is 5.73 Å². The van der Waals surface area contributed by atoms with E-state index in [0.717, 1.165) is 17.2 Å². The molecule has 0 bridgehead atoms. The zero-order chi connectivity index (χ0) is 28.0. The van der Waals surface area contributed by atoms with E-state index in [2.05, 4.69) is 19.9 Å². The van der Waals surface area contributed by atoms with Crippen molar-refractivity contribution in [2.45, 2.75) is 6.18 Å². The molecule has 0 atom stereocenters. The van der Waals surface area contributed by atoms with Crippen LogP contribution in [0.4, 0.5) is 19.0 Å². The highest BCUT2D eigenvalue weighted by Gasteiger charge is 2.34. The number of nitrogen functional groups attached to an aromatic ring is 1. The van der Waals surface area contributed by atoms with E-state index in [1.807, 2.05) is 42.6 Å². The predicted octanol–water partition coefficient (Wildman–Crippen LogP) is 5.62. The maximum atomic E-state index is 13.5. The van der Waals surface area contributed by atoms with Crippen LogP contribution in [0.5, 0.6) is 0 Å². The van der Waals surface area contributed by atoms with Gasteiger partial charge in [0.2, 0.25) is 11.8 Å². The van der Waals surface area contributed by atoms with Crippen LogP contribution in [0.1, 0.15) is 5.56 Å². The lowest BCUT2D eigenvalue weighted by Crippen LogP contribution is -2.23. The number of alkyl halides is 3. The van der Waals surface area contributed by atoms with Crippen molar-refractivity contribution >= 4 is 27.8 Å². The number of nitrogens with zero attached hydrogens (tertiary/aromatic N) is 7. The fourth-order valence-corrected chi connectivity index (χ4v) is 4.80. The van der Waals surface area contributed by atoms with Crippen LogP contribution in [0.15, 0.2) is 90.4 Å². The molecule has 40 heavy (non-hydrogen) atoms. The number of rotatable bonds is 3. The number of imidazole rings is 1. The Morgan fingerprint density at radius 3 is 2.40 bits per heavy atom. The van der Waals surface area contributed by atoms with Crippen LogP contribution < -0.4 is 11.4 Å². The van der Waals surface area contributed by atoms with Gasteiger partial charge in [0.25, 0.3) is 0 Å². The summed E-state index contributed by atoms with van der Waals surface area (Å²) in [5, 5.41) is 10.1. The van der Waals surface area contributed by atoms with Gasteiger partial charge in [-0.1, -0.05) is 36.4 Å². The number of aryl methyl sites for hydroxylation is 1. The van der Waals surface area contributed by atoms with Gasteiger partial charge in [-0.15, -0.1) is 4.99 Å². The third-order valence-electron chi connectivity index (χ3n) is 6.70. The molecule has 0 aliphatic carbocycles. The van der Waals surface area contributed by atoms with Crippen molar-refractivity contribution in [3.05, 3.63) is 96.6 Å². The van der Waals surface area contributed by atoms with Crippen molar-refractivity contribution in [1.29, 1.82) is 5.26 Å². The summed E-state index contributed by atoms with van der Waals surface area (Å²) in [7, 11) is 1.76. The van der Waals surface area contributed by atoms with Crippen molar-refractivity contribution in [1.82, 2.24) is 24.1 Å². The molecule has 8 nitrogen and oxygen atoms in total. The second-order valence-electron chi connectivity index (χ2n) is 9.08. The SMILES string of the molecule is Cn1/c(=N/C#N)n(-c2cncc(-c3ccccc3)c2)c2c3cc(-c4cnc(N)c(C(F)(F)F)c4)ccc3ncc21. The van der Waals surface area contributed by atoms with E-state index in [9.17, 15) is 18.4 Å². The number of hydrogen-bond acceptors (Lipinski definition) is 6. The minimum atomic E-state index is -4.65. The highest BCUT2D eigenvalue weighted by atomic mass is 19.4. The van der Waals surface area contributed by atoms with E-state index in [0.29, 0.717) is 38.8 Å². The van der Waals surface area contributed by atoms with E-state index >= 15 is 0 Å². The first-order valence-corrected chi connectivity index (χ1v) is 12.0. The molecule has 0 amide bonds. The third-order valence-corrected chi connectivity index (χ3v) is 6.70. The standard InChI is InChI=1S/C29H19F3N8/c1-39-25-15-36-24-8-7-18(20-11-23(29(30,31)32)27(34)37-13-20)10-22(24)26(25)40(28(39)38-16-33)21-9-19(12-35-14-21)17-5-3-2-4-6-17/h2-15H,1H3,(H2,34,37)/b38-28-. The molecule has 2 N–H and O–H groups in total. The van der Waals surface area contributed by atoms with E-state index in [1.165, 1.54) is 6.20 Å². The lowest BCUT2D eigenvalue weighted by atomic mass is 10.0. The lowest BCUT2D eigenvalue weighted by Gasteiger charge is -2.12. The Kier molecular flexibility index (Phi) is 5.80. The Bertz CT molecular complexity index is 2030. The van der Waals surface area contributed by atoms with Crippen LogP contribution in [-0.4, -0.2) is 24.1 Å². The summed E-state index contributed by atoms with van der Waals surface area (Å²) in [6.07, 6.45) is 3.61. The van der Waals surface area contributed by atoms with Gasteiger partial charge in [0.05, 0.1) is 40.2 Å². The number of aromatic nitrogens is 5. The van der Waals surface area contributed by atoms with E-state index < -0.39 is 17.6 Å². The first-order valence-electron chi connectivity index (χ1n) is 12.0. The molecular formula is C29H19F3N8. The highest BCUT2D eigenvalue weighted by Crippen LogP contribution is 2.36. The Morgan fingerprint density at radius 2 is 1.65 bits per heavy atom. The molecule has 0 saturated carbocycles. The van der Waals surface area contributed by atoms with Gasteiger partial charge in [-0.05, 0) is 35.4 Å². The first-order chi connectivity index (χ1) is 19.3. The molecule has 0 radical (unpaired) electrons. The van der Waals surface area contributed by atoms with Crippen LogP contribution in [0.2, 0.25) is 0 Å². The third kappa shape index (κ3) is 4.12. The van der Waals surface area contributed by atoms with Crippen LogP contribution in [0.3, 0.4) is 0 Å². The summed E-state index contributed by atoms with van der Waals surface area (Å²) in [5.41, 5.74) is 9.97. The first kappa shape index (κ1) is 24.8. The number of anilines is 1. The number of hydrogen-bond donors (Lipinski definition) is 1. The fraction of sp³-hybridized carbons (Fsp3) is 0.0690. The second kappa shape index (κ2) is 9.36. The zero-order valence-electron chi connectivity index (χ0n) is 20.9. The van der Waals surface area contributed by atoms with Gasteiger partial charge in [0, 0.05) is 36.0 Å². The second-order valence-corrected chi connectivity index (χ2v) is 9.08. The van der Waals surface area contributed by atoms with E-state index in [-0.39, 0.29) is 5.56 Å². The van der Waals surface area contributed by atoms with Crippen molar-refractivity contribution < 1.29 is 13.2 Å². The summed E-state index contributed by atoms with van der Waals surface area (Å²) in [5.74, 6) is -0.587. The quantitative estimate of drug-likeness (QED) is 0.295. The Labute approximate surface area is 225 Å². The average Bonchev–Trinajstić information content (AvgIpc) is 3.24. The van der Waals surface area contributed by atoms with Gasteiger partial charge >= 0.3 is 6.18 Å². The largest absolute Gasteiger partial charge is 0.419 e. The van der Waals surface area contributed by atoms with Gasteiger partial charge in [0.1, 0.15) is 5.82 Å². The Hall–Kier alpha value is -5.50. The fourth-order valence-electron chi connectivity index (χ4n) is 4.80. The number of halogens is 3. The molecule has 4 aromatic heterocycles. The number of benzene rings is 2. The van der Waals surface area contributed by atoms with Gasteiger partial charge in [-0.3, -0.25) is 14.5 Å². The molecule has 2 aromatic carbocycles. The number of fused-ring (bicyclic) bond motifs is 3. The van der Waals surface area contributed by atoms with Crippen molar-refractivity contribution in [2.24, 2.45) is 12.0 Å². The Morgan fingerprint density at radius 1 is 0.875 bits per heavy atom. The van der Waals surface area contributed by atoms with Crippen LogP contribution in [0, 0.1) is 11.5 Å². The van der Waals surface area contributed by atoms with E-state index in [4.69, 9.17) is 5.73 Å². The molecular weight excluding hydrogens is 517 g/mol. The summed E-state index contributed by atoms with van der Waals surface area (Å²) >= 11 is 0. The topological polar surface area (TPSA) is 111 Å². The lowest BCUT2D eigenvalue weighted by molar-refractivity contribution is -0.137. The highest BCUT2D eigenvalue weighted by molar-refractivity contribution is 6.04. The maximum absolute atomic E-state index is 13.5. The van der Waals surface area contributed by atoms with Crippen LogP contribution >= 0.6 is 0 Å². The minimum Gasteiger partial charge on any atom is -0.383 e. The summed E-state index contributed by atoms with van der Waals surface area (Å²) in [4.78, 5) is 16.9. The number of pyridine rings is 3. The van der Waals surface area contributed by atoms with Crippen LogP contribution in [0.25, 0.3) is 49.9 Å². The molecule has 0 saturated heterocycles. The summed E-state index contributed by atoms with van der Waals surface area (Å²) in [6, 6.07) is 17.8. The molecule has 4 heterocycles. The molecule has 0 spiro atoms. The summed E-state index contributed by atoms with van der Waals surface area (Å²) in [6.45, 7) is 0. The Balaban J connectivity index is 1.65. The van der Waals surface area contributed by atoms with Crippen molar-refractivity contribution in [3.8, 4) is 34.1 Å². The maximum Gasteiger partial charge on any atom is 0.419 e. The monoisotopic (exact) mass is 536 g/mol. The normalized spacial score (nSPS) is 12.2. The number of nitriles is 1. The molecule has 6 aromatic rings. The predicted molar refractivity (Wildman–Crippen MR) is 145 cm³/mol. The smallest absolute Gasteiger partial charge is 0.383 e. The molecule has 11 heteroatoms. The van der Waals surface area contributed by atoms with Crippen LogP contribution in [-0.2, 0) is 13.2 Å². The van der Waals surface area contributed by atoms with Gasteiger partial charge in [-0.25, -0.2) is 4.98 Å². The molecule has 6 rings (SSSR count). The molecule has 0 aliphatic heterocycles. The minimum absolute atomic E-state index is 0.248. The molecule has 196 valence electrons. The van der Waals surface area contributed by atoms with Gasteiger partial charge in [-0.2, -0.15) is 18.4 Å².